The van der Waals surface area contributed by atoms with Crippen LogP contribution in [0.25, 0.3) is 0 Å². The van der Waals surface area contributed by atoms with Crippen molar-refractivity contribution < 1.29 is 24.2 Å². The number of nitrogens with one attached hydrogen (secondary N) is 1. The van der Waals surface area contributed by atoms with Crippen molar-refractivity contribution in [1.82, 2.24) is 19.8 Å². The molecule has 1 aromatic carbocycles. The summed E-state index contributed by atoms with van der Waals surface area (Å²) in [6.07, 6.45) is 4.93. The molecule has 0 radical (unpaired) electrons. The molecule has 0 saturated carbocycles. The molecule has 2 amide bonds. The van der Waals surface area contributed by atoms with Gasteiger partial charge in [-0.1, -0.05) is 25.1 Å². The number of carboxylic acid groups (broad SMARTS) is 1. The summed E-state index contributed by atoms with van der Waals surface area (Å²) >= 11 is 0. The average molecular weight is 573 g/mol. The second-order valence-corrected chi connectivity index (χ2v) is 10.9. The number of pyridine rings is 2. The van der Waals surface area contributed by atoms with E-state index in [1.807, 2.05) is 29.2 Å². The van der Waals surface area contributed by atoms with Gasteiger partial charge in [0.2, 0.25) is 5.88 Å². The quantitative estimate of drug-likeness (QED) is 0.413. The van der Waals surface area contributed by atoms with E-state index in [4.69, 9.17) is 9.84 Å². The number of hydrogen-bond acceptors (Lipinski definition) is 8. The summed E-state index contributed by atoms with van der Waals surface area (Å²) in [5.41, 5.74) is 2.89. The van der Waals surface area contributed by atoms with E-state index in [-0.39, 0.29) is 18.2 Å². The highest BCUT2D eigenvalue weighted by Crippen LogP contribution is 2.20. The zero-order chi connectivity index (χ0) is 29.5. The van der Waals surface area contributed by atoms with Crippen LogP contribution in [0.1, 0.15) is 41.3 Å². The first-order valence-corrected chi connectivity index (χ1v) is 14.3. The van der Waals surface area contributed by atoms with Crippen molar-refractivity contribution in [2.45, 2.75) is 32.7 Å². The lowest BCUT2D eigenvalue weighted by atomic mass is 9.99. The largest absolute Gasteiger partial charge is 0.481 e. The zero-order valence-corrected chi connectivity index (χ0v) is 23.7. The van der Waals surface area contributed by atoms with Crippen LogP contribution in [0.2, 0.25) is 0 Å². The summed E-state index contributed by atoms with van der Waals surface area (Å²) in [6.45, 7) is 7.46. The van der Waals surface area contributed by atoms with E-state index in [0.717, 1.165) is 31.4 Å². The minimum absolute atomic E-state index is 0.0688. The number of carbonyl (C=O) groups excluding carboxylic acids is 2. The third-order valence-electron chi connectivity index (χ3n) is 7.71. The number of ether oxygens (including phenoxy) is 1. The summed E-state index contributed by atoms with van der Waals surface area (Å²) in [7, 11) is 0. The van der Waals surface area contributed by atoms with Gasteiger partial charge < -0.3 is 25.0 Å². The lowest BCUT2D eigenvalue weighted by Gasteiger charge is -2.34. The van der Waals surface area contributed by atoms with Gasteiger partial charge in [-0.2, -0.15) is 0 Å². The Hall–Kier alpha value is -4.51. The highest BCUT2D eigenvalue weighted by Gasteiger charge is 2.24. The third-order valence-corrected chi connectivity index (χ3v) is 7.71. The molecule has 42 heavy (non-hydrogen) atoms. The Morgan fingerprint density at radius 1 is 0.881 bits per heavy atom. The molecule has 2 N–H and O–H groups in total. The molecule has 2 aliphatic rings. The van der Waals surface area contributed by atoms with Crippen LogP contribution in [0, 0.1) is 5.92 Å². The van der Waals surface area contributed by atoms with Crippen molar-refractivity contribution in [2.75, 3.05) is 49.5 Å². The van der Waals surface area contributed by atoms with Crippen LogP contribution in [0.3, 0.4) is 0 Å². The molecule has 0 bridgehead atoms. The molecular formula is C31H36N6O5. The van der Waals surface area contributed by atoms with Crippen LogP contribution < -0.4 is 15.0 Å². The Bertz CT molecular complexity index is 1360. The first-order chi connectivity index (χ1) is 20.3. The number of nitrogens with zero attached hydrogens (tertiary/aromatic N) is 5. The second-order valence-electron chi connectivity index (χ2n) is 10.9. The molecule has 0 atom stereocenters. The smallest absolute Gasteiger partial charge is 0.416 e. The minimum Gasteiger partial charge on any atom is -0.481 e. The predicted molar refractivity (Wildman–Crippen MR) is 158 cm³/mol. The van der Waals surface area contributed by atoms with E-state index in [1.165, 1.54) is 24.6 Å². The molecule has 220 valence electrons. The van der Waals surface area contributed by atoms with Crippen molar-refractivity contribution in [3.63, 3.8) is 0 Å². The lowest BCUT2D eigenvalue weighted by molar-refractivity contribution is -0.136. The molecule has 2 saturated heterocycles. The van der Waals surface area contributed by atoms with Crippen molar-refractivity contribution in [1.29, 1.82) is 0 Å². The maximum atomic E-state index is 12.7. The normalized spacial score (nSPS) is 16.2. The van der Waals surface area contributed by atoms with Gasteiger partial charge in [0, 0.05) is 50.6 Å². The van der Waals surface area contributed by atoms with Gasteiger partial charge >= 0.3 is 12.1 Å². The summed E-state index contributed by atoms with van der Waals surface area (Å²) < 4.78 is 5.44. The molecule has 11 heteroatoms. The molecule has 2 aliphatic heterocycles. The molecule has 5 rings (SSSR count). The van der Waals surface area contributed by atoms with Crippen molar-refractivity contribution in [3.05, 3.63) is 77.6 Å². The molecule has 11 nitrogen and oxygen atoms in total. The number of carbonyl (C=O) groups is 3. The zero-order valence-electron chi connectivity index (χ0n) is 23.7. The Labute approximate surface area is 245 Å². The molecular weight excluding hydrogens is 536 g/mol. The van der Waals surface area contributed by atoms with Gasteiger partial charge in [-0.25, -0.2) is 14.8 Å². The highest BCUT2D eigenvalue weighted by molar-refractivity contribution is 6.04. The number of amides is 2. The number of hydrogen-bond donors (Lipinski definition) is 2. The third kappa shape index (κ3) is 7.82. The Morgan fingerprint density at radius 2 is 1.60 bits per heavy atom. The van der Waals surface area contributed by atoms with Gasteiger partial charge in [-0.05, 0) is 67.2 Å². The molecule has 0 aliphatic carbocycles. The first kappa shape index (κ1) is 29.0. The van der Waals surface area contributed by atoms with E-state index in [2.05, 4.69) is 27.1 Å². The minimum atomic E-state index is -0.899. The van der Waals surface area contributed by atoms with Gasteiger partial charge in [0.05, 0.1) is 18.3 Å². The fraction of sp³-hybridized carbons (Fsp3) is 0.387. The number of aromatic nitrogens is 2. The molecule has 3 aromatic rings. The Morgan fingerprint density at radius 3 is 2.21 bits per heavy atom. The second kappa shape index (κ2) is 13.4. The maximum Gasteiger partial charge on any atom is 0.416 e. The summed E-state index contributed by atoms with van der Waals surface area (Å²) in [5.74, 6) is 0.549. The molecule has 2 fully saturated rings. The lowest BCUT2D eigenvalue weighted by Crippen LogP contribution is -2.49. The Kier molecular flexibility index (Phi) is 9.28. The number of piperidine rings is 1. The number of anilines is 2. The van der Waals surface area contributed by atoms with Gasteiger partial charge in [0.25, 0.3) is 5.91 Å². The summed E-state index contributed by atoms with van der Waals surface area (Å²) in [5, 5.41) is 11.7. The monoisotopic (exact) mass is 572 g/mol. The van der Waals surface area contributed by atoms with E-state index < -0.39 is 12.1 Å². The molecule has 2 aromatic heterocycles. The van der Waals surface area contributed by atoms with Crippen LogP contribution in [-0.2, 0) is 17.8 Å². The highest BCUT2D eigenvalue weighted by atomic mass is 16.6. The Balaban J connectivity index is 1.06. The van der Waals surface area contributed by atoms with Gasteiger partial charge in [0.1, 0.15) is 5.82 Å². The number of benzene rings is 1. The van der Waals surface area contributed by atoms with Crippen molar-refractivity contribution in [2.24, 2.45) is 5.92 Å². The van der Waals surface area contributed by atoms with Crippen LogP contribution >= 0.6 is 0 Å². The maximum absolute atomic E-state index is 12.7. The van der Waals surface area contributed by atoms with Crippen molar-refractivity contribution >= 4 is 29.5 Å². The van der Waals surface area contributed by atoms with E-state index in [0.29, 0.717) is 43.0 Å². The molecule has 0 unspecified atom stereocenters. The number of carboxylic acids is 1. The number of likely N-dealkylation sites (tertiary alicyclic amines) is 1. The predicted octanol–water partition coefficient (Wildman–Crippen LogP) is 3.91. The van der Waals surface area contributed by atoms with Crippen LogP contribution in [0.4, 0.5) is 16.3 Å². The number of piperazine rings is 1. The van der Waals surface area contributed by atoms with Gasteiger partial charge in [-0.15, -0.1) is 0 Å². The van der Waals surface area contributed by atoms with E-state index >= 15 is 0 Å². The SMILES string of the molecule is CC1CCN(Cc2ccc(C(=O)Nc3ccc(OC(=O)N4CCN(c5ccc(CC(=O)O)cn5)CC4)nc3)cc2)CC1. The van der Waals surface area contributed by atoms with E-state index in [1.54, 1.807) is 35.4 Å². The van der Waals surface area contributed by atoms with Crippen LogP contribution in [0.15, 0.2) is 60.9 Å². The average Bonchev–Trinajstić information content (AvgIpc) is 3.00. The fourth-order valence-electron chi connectivity index (χ4n) is 5.11. The fourth-order valence-corrected chi connectivity index (χ4v) is 5.11. The standard InChI is InChI=1S/C31H36N6O5/c1-22-10-12-35(13-11-22)21-23-2-5-25(6-3-23)30(40)34-26-7-9-28(33-20-26)42-31(41)37-16-14-36(15-17-37)27-8-4-24(19-32-27)18-29(38)39/h2-9,19-20,22H,10-18,21H2,1H3,(H,34,40)(H,38,39). The number of aliphatic carboxylic acids is 1. The van der Waals surface area contributed by atoms with Crippen LogP contribution in [-0.4, -0.2) is 82.1 Å². The number of rotatable bonds is 8. The molecule has 4 heterocycles. The van der Waals surface area contributed by atoms with Crippen LogP contribution in [0.5, 0.6) is 5.88 Å². The topological polar surface area (TPSA) is 128 Å². The van der Waals surface area contributed by atoms with Gasteiger partial charge in [0.15, 0.2) is 0 Å². The van der Waals surface area contributed by atoms with E-state index in [9.17, 15) is 14.4 Å². The van der Waals surface area contributed by atoms with Crippen molar-refractivity contribution in [3.8, 4) is 5.88 Å². The van der Waals surface area contributed by atoms with Gasteiger partial charge in [-0.3, -0.25) is 14.5 Å². The molecule has 0 spiro atoms. The first-order valence-electron chi connectivity index (χ1n) is 14.3. The summed E-state index contributed by atoms with van der Waals surface area (Å²) in [4.78, 5) is 50.9. The summed E-state index contributed by atoms with van der Waals surface area (Å²) in [6, 6.07) is 14.4.